The molecule has 1 unspecified atom stereocenters. The van der Waals surface area contributed by atoms with E-state index in [2.05, 4.69) is 32.4 Å². The molecule has 2 aromatic rings. The Bertz CT molecular complexity index is 718. The van der Waals surface area contributed by atoms with Crippen LogP contribution in [0.4, 0.5) is 5.69 Å². The number of aryl methyl sites for hydroxylation is 1. The zero-order valence-electron chi connectivity index (χ0n) is 13.6. The molecule has 0 aromatic carbocycles. The maximum atomic E-state index is 9.48. The smallest absolute Gasteiger partial charge is 0.233 e. The van der Waals surface area contributed by atoms with Crippen molar-refractivity contribution in [1.29, 1.82) is 5.26 Å². The zero-order valence-corrected chi connectivity index (χ0v) is 13.6. The van der Waals surface area contributed by atoms with Gasteiger partial charge in [0.05, 0.1) is 12.8 Å². The van der Waals surface area contributed by atoms with E-state index in [1.807, 2.05) is 18.5 Å². The van der Waals surface area contributed by atoms with E-state index in [0.717, 1.165) is 44.0 Å². The first-order valence-corrected chi connectivity index (χ1v) is 7.97. The largest absolute Gasteiger partial charge is 0.480 e. The molecule has 3 rings (SSSR count). The van der Waals surface area contributed by atoms with Crippen LogP contribution in [-0.4, -0.2) is 34.7 Å². The van der Waals surface area contributed by atoms with Crippen molar-refractivity contribution < 1.29 is 4.74 Å². The minimum atomic E-state index is 0.379. The molecule has 1 fully saturated rings. The molecule has 0 amide bonds. The number of ether oxygens (including phenoxy) is 1. The highest BCUT2D eigenvalue weighted by Gasteiger charge is 2.26. The van der Waals surface area contributed by atoms with Crippen LogP contribution in [0.15, 0.2) is 24.7 Å². The van der Waals surface area contributed by atoms with Gasteiger partial charge in [-0.1, -0.05) is 0 Å². The Hall–Kier alpha value is -2.55. The summed E-state index contributed by atoms with van der Waals surface area (Å²) in [6.45, 7) is 4.86. The van der Waals surface area contributed by atoms with Gasteiger partial charge in [-0.25, -0.2) is 9.97 Å². The number of hydrogen-bond acceptors (Lipinski definition) is 5. The van der Waals surface area contributed by atoms with E-state index in [9.17, 15) is 5.26 Å². The summed E-state index contributed by atoms with van der Waals surface area (Å²) in [6, 6.07) is 4.13. The number of methoxy groups -OCH3 is 1. The number of anilines is 1. The molecule has 1 aliphatic heterocycles. The number of pyridine rings is 1. The molecule has 23 heavy (non-hydrogen) atoms. The molecule has 3 heterocycles. The first-order chi connectivity index (χ1) is 11.3. The highest BCUT2D eigenvalue weighted by molar-refractivity contribution is 5.63. The molecule has 1 atom stereocenters. The summed E-state index contributed by atoms with van der Waals surface area (Å²) < 4.78 is 7.43. The molecule has 1 aliphatic rings. The van der Waals surface area contributed by atoms with Crippen LogP contribution in [-0.2, 0) is 6.54 Å². The highest BCUT2D eigenvalue weighted by atomic mass is 16.5. The molecule has 6 heteroatoms. The Morgan fingerprint density at radius 3 is 3.00 bits per heavy atom. The molecule has 0 bridgehead atoms. The van der Waals surface area contributed by atoms with Crippen molar-refractivity contribution in [1.82, 2.24) is 14.5 Å². The molecular formula is C17H21N5O. The lowest BCUT2D eigenvalue weighted by Gasteiger charge is -2.34. The van der Waals surface area contributed by atoms with Crippen LogP contribution in [0, 0.1) is 11.3 Å². The van der Waals surface area contributed by atoms with Gasteiger partial charge in [0.25, 0.3) is 0 Å². The van der Waals surface area contributed by atoms with Crippen LogP contribution in [0.2, 0.25) is 0 Å². The van der Waals surface area contributed by atoms with Gasteiger partial charge < -0.3 is 14.2 Å². The Labute approximate surface area is 136 Å². The van der Waals surface area contributed by atoms with Crippen LogP contribution in [0.1, 0.15) is 37.1 Å². The molecule has 1 saturated heterocycles. The fourth-order valence-electron chi connectivity index (χ4n) is 3.31. The standard InChI is InChI=1S/C17H21N5O/c1-3-21-10-8-19-16(21)13-5-4-9-22(12-13)15-6-7-20-17(23-2)14(15)11-18/h6-8,10,13H,3-5,9,12H2,1-2H3. The van der Waals surface area contributed by atoms with Crippen molar-refractivity contribution in [3.63, 3.8) is 0 Å². The van der Waals surface area contributed by atoms with Crippen LogP contribution in [0.25, 0.3) is 0 Å². The van der Waals surface area contributed by atoms with Gasteiger partial charge >= 0.3 is 0 Å². The lowest BCUT2D eigenvalue weighted by Crippen LogP contribution is -2.36. The molecule has 120 valence electrons. The van der Waals surface area contributed by atoms with Gasteiger partial charge in [-0.2, -0.15) is 5.26 Å². The summed E-state index contributed by atoms with van der Waals surface area (Å²) in [5.41, 5.74) is 1.41. The molecule has 0 aliphatic carbocycles. The fourth-order valence-corrected chi connectivity index (χ4v) is 3.31. The first-order valence-electron chi connectivity index (χ1n) is 7.97. The predicted octanol–water partition coefficient (Wildman–Crippen LogP) is 2.56. The van der Waals surface area contributed by atoms with Gasteiger partial charge in [0.2, 0.25) is 5.88 Å². The van der Waals surface area contributed by atoms with Crippen LogP contribution >= 0.6 is 0 Å². The molecule has 2 aromatic heterocycles. The van der Waals surface area contributed by atoms with E-state index in [-0.39, 0.29) is 0 Å². The lowest BCUT2D eigenvalue weighted by molar-refractivity contribution is 0.396. The van der Waals surface area contributed by atoms with Gasteiger partial charge in [0.15, 0.2) is 0 Å². The topological polar surface area (TPSA) is 67.0 Å². The third kappa shape index (κ3) is 2.87. The normalized spacial score (nSPS) is 17.8. The van der Waals surface area contributed by atoms with Gasteiger partial charge in [0, 0.05) is 44.1 Å². The van der Waals surface area contributed by atoms with Crippen molar-refractivity contribution in [3.05, 3.63) is 36.0 Å². The summed E-state index contributed by atoms with van der Waals surface area (Å²) in [5.74, 6) is 1.91. The number of nitriles is 1. The van der Waals surface area contributed by atoms with E-state index in [1.165, 1.54) is 0 Å². The molecular weight excluding hydrogens is 290 g/mol. The second-order valence-corrected chi connectivity index (χ2v) is 5.68. The zero-order chi connectivity index (χ0) is 16.2. The van der Waals surface area contributed by atoms with Crippen LogP contribution in [0.5, 0.6) is 5.88 Å². The number of piperidine rings is 1. The van der Waals surface area contributed by atoms with Crippen molar-refractivity contribution in [3.8, 4) is 11.9 Å². The van der Waals surface area contributed by atoms with Gasteiger partial charge in [0.1, 0.15) is 17.5 Å². The second kappa shape index (κ2) is 6.69. The molecule has 0 radical (unpaired) electrons. The SMILES string of the molecule is CCn1ccnc1C1CCCN(c2ccnc(OC)c2C#N)C1. The summed E-state index contributed by atoms with van der Waals surface area (Å²) in [6.07, 6.45) is 7.80. The summed E-state index contributed by atoms with van der Waals surface area (Å²) in [4.78, 5) is 10.9. The number of hydrogen-bond donors (Lipinski definition) is 0. The average Bonchev–Trinajstić information content (AvgIpc) is 3.09. The molecule has 0 spiro atoms. The van der Waals surface area contributed by atoms with Crippen molar-refractivity contribution >= 4 is 5.69 Å². The van der Waals surface area contributed by atoms with E-state index in [0.29, 0.717) is 17.4 Å². The number of aromatic nitrogens is 3. The maximum absolute atomic E-state index is 9.48. The summed E-state index contributed by atoms with van der Waals surface area (Å²) in [5, 5.41) is 9.48. The monoisotopic (exact) mass is 311 g/mol. The first kappa shape index (κ1) is 15.3. The molecule has 0 N–H and O–H groups in total. The fraction of sp³-hybridized carbons (Fsp3) is 0.471. The van der Waals surface area contributed by atoms with Crippen LogP contribution < -0.4 is 9.64 Å². The van der Waals surface area contributed by atoms with Crippen molar-refractivity contribution in [2.24, 2.45) is 0 Å². The third-order valence-corrected chi connectivity index (χ3v) is 4.41. The van der Waals surface area contributed by atoms with E-state index in [1.54, 1.807) is 13.3 Å². The second-order valence-electron chi connectivity index (χ2n) is 5.68. The Balaban J connectivity index is 1.89. The van der Waals surface area contributed by atoms with E-state index < -0.39 is 0 Å². The Kier molecular flexibility index (Phi) is 4.47. The highest BCUT2D eigenvalue weighted by Crippen LogP contribution is 2.33. The number of rotatable bonds is 4. The molecule has 0 saturated carbocycles. The predicted molar refractivity (Wildman–Crippen MR) is 87.6 cm³/mol. The lowest BCUT2D eigenvalue weighted by atomic mass is 9.96. The van der Waals surface area contributed by atoms with E-state index >= 15 is 0 Å². The van der Waals surface area contributed by atoms with Crippen molar-refractivity contribution in [2.75, 3.05) is 25.1 Å². The average molecular weight is 311 g/mol. The summed E-state index contributed by atoms with van der Waals surface area (Å²) >= 11 is 0. The van der Waals surface area contributed by atoms with Gasteiger partial charge in [-0.3, -0.25) is 0 Å². The quantitative estimate of drug-likeness (QED) is 0.868. The Morgan fingerprint density at radius 1 is 1.39 bits per heavy atom. The maximum Gasteiger partial charge on any atom is 0.233 e. The number of nitrogens with zero attached hydrogens (tertiary/aromatic N) is 5. The van der Waals surface area contributed by atoms with Crippen molar-refractivity contribution in [2.45, 2.75) is 32.2 Å². The number of imidazole rings is 1. The third-order valence-electron chi connectivity index (χ3n) is 4.41. The summed E-state index contributed by atoms with van der Waals surface area (Å²) in [7, 11) is 1.55. The molecule has 6 nitrogen and oxygen atoms in total. The minimum absolute atomic E-state index is 0.379. The van der Waals surface area contributed by atoms with Gasteiger partial charge in [-0.05, 0) is 25.8 Å². The van der Waals surface area contributed by atoms with Crippen LogP contribution in [0.3, 0.4) is 0 Å². The van der Waals surface area contributed by atoms with Gasteiger partial charge in [-0.15, -0.1) is 0 Å². The van der Waals surface area contributed by atoms with E-state index in [4.69, 9.17) is 4.74 Å². The minimum Gasteiger partial charge on any atom is -0.480 e. The Morgan fingerprint density at radius 2 is 2.26 bits per heavy atom.